The van der Waals surface area contributed by atoms with Gasteiger partial charge >= 0.3 is 0 Å². The van der Waals surface area contributed by atoms with Gasteiger partial charge in [-0.3, -0.25) is 4.79 Å². The van der Waals surface area contributed by atoms with E-state index in [9.17, 15) is 9.59 Å². The molecule has 0 atom stereocenters. The molecule has 0 saturated carbocycles. The number of aromatic nitrogens is 1. The van der Waals surface area contributed by atoms with Crippen LogP contribution in [0.25, 0.3) is 21.8 Å². The number of aldehydes is 1. The molecule has 1 heterocycles. The molecule has 0 spiro atoms. The van der Waals surface area contributed by atoms with Gasteiger partial charge in [0.1, 0.15) is 6.29 Å². The van der Waals surface area contributed by atoms with Crippen LogP contribution in [0, 0.1) is 0 Å². The molecule has 5 nitrogen and oxygen atoms in total. The van der Waals surface area contributed by atoms with Crippen LogP contribution in [0.15, 0.2) is 48.5 Å². The van der Waals surface area contributed by atoms with Crippen LogP contribution in [-0.2, 0) is 9.59 Å². The third kappa shape index (κ3) is 8.44. The summed E-state index contributed by atoms with van der Waals surface area (Å²) in [4.78, 5) is 27.0. The summed E-state index contributed by atoms with van der Waals surface area (Å²) < 4.78 is 0. The molecule has 1 aromatic heterocycles. The number of hydrogen-bond acceptors (Lipinski definition) is 4. The highest BCUT2D eigenvalue weighted by molar-refractivity contribution is 6.07. The summed E-state index contributed by atoms with van der Waals surface area (Å²) in [6, 6.07) is 16.6. The number of amides is 1. The first-order valence-corrected chi connectivity index (χ1v) is 13.0. The van der Waals surface area contributed by atoms with Crippen LogP contribution in [0.1, 0.15) is 77.0 Å². The molecule has 3 rings (SSSR count). The van der Waals surface area contributed by atoms with Gasteiger partial charge in [-0.25, -0.2) is 4.98 Å². The lowest BCUT2D eigenvalue weighted by Crippen LogP contribution is -2.23. The number of carbonyl (C=O) groups excluding carboxylic acids is 2. The van der Waals surface area contributed by atoms with E-state index in [-0.39, 0.29) is 5.91 Å². The molecule has 34 heavy (non-hydrogen) atoms. The normalized spacial score (nSPS) is 11.1. The Balaban J connectivity index is 1.26. The Morgan fingerprint density at radius 3 is 1.94 bits per heavy atom. The Kier molecular flexibility index (Phi) is 11.4. The zero-order chi connectivity index (χ0) is 23.8. The number of unbranched alkanes of at least 4 members (excludes halogenated alkanes) is 9. The summed E-state index contributed by atoms with van der Waals surface area (Å²) >= 11 is 0. The largest absolute Gasteiger partial charge is 0.384 e. The second kappa shape index (κ2) is 15.0. The Labute approximate surface area is 203 Å². The number of rotatable bonds is 17. The Hall–Kier alpha value is -2.95. The number of benzene rings is 2. The topological polar surface area (TPSA) is 71.1 Å². The second-order valence-electron chi connectivity index (χ2n) is 9.04. The molecule has 0 aliphatic carbocycles. The fourth-order valence-corrected chi connectivity index (χ4v) is 4.38. The van der Waals surface area contributed by atoms with Crippen molar-refractivity contribution >= 4 is 39.7 Å². The number of anilines is 1. The van der Waals surface area contributed by atoms with Crippen molar-refractivity contribution < 1.29 is 9.59 Å². The third-order valence-electron chi connectivity index (χ3n) is 6.29. The van der Waals surface area contributed by atoms with E-state index in [0.717, 1.165) is 88.2 Å². The van der Waals surface area contributed by atoms with Gasteiger partial charge in [0.05, 0.1) is 16.7 Å². The van der Waals surface area contributed by atoms with Crippen LogP contribution in [-0.4, -0.2) is 30.3 Å². The van der Waals surface area contributed by atoms with E-state index in [0.29, 0.717) is 12.8 Å². The summed E-state index contributed by atoms with van der Waals surface area (Å²) in [5.74, 6) is 0.180. The van der Waals surface area contributed by atoms with Crippen LogP contribution in [0.5, 0.6) is 0 Å². The van der Waals surface area contributed by atoms with Crippen molar-refractivity contribution in [1.82, 2.24) is 10.3 Å². The fraction of sp³-hybridized carbons (Fsp3) is 0.483. The van der Waals surface area contributed by atoms with Gasteiger partial charge in [0, 0.05) is 36.7 Å². The van der Waals surface area contributed by atoms with Gasteiger partial charge in [-0.1, -0.05) is 74.9 Å². The SMILES string of the molecule is O=CCCCCCCCNC(=O)CCCCCCCNc1c2ccccc2nc2ccccc12. The highest BCUT2D eigenvalue weighted by Crippen LogP contribution is 2.30. The number of fused-ring (bicyclic) bond motifs is 2. The lowest BCUT2D eigenvalue weighted by atomic mass is 10.1. The zero-order valence-electron chi connectivity index (χ0n) is 20.4. The summed E-state index contributed by atoms with van der Waals surface area (Å²) in [5, 5.41) is 9.04. The van der Waals surface area contributed by atoms with Gasteiger partial charge in [-0.05, 0) is 37.8 Å². The quantitative estimate of drug-likeness (QED) is 0.132. The Bertz CT molecular complexity index is 980. The molecule has 182 valence electrons. The zero-order valence-corrected chi connectivity index (χ0v) is 20.4. The summed E-state index contributed by atoms with van der Waals surface area (Å²) in [6.07, 6.45) is 13.2. The Morgan fingerprint density at radius 1 is 0.706 bits per heavy atom. The molecule has 2 aromatic carbocycles. The monoisotopic (exact) mass is 461 g/mol. The molecule has 0 radical (unpaired) electrons. The number of nitrogens with one attached hydrogen (secondary N) is 2. The van der Waals surface area contributed by atoms with E-state index >= 15 is 0 Å². The summed E-state index contributed by atoms with van der Waals surface area (Å²) in [5.41, 5.74) is 3.23. The van der Waals surface area contributed by atoms with E-state index in [1.807, 2.05) is 12.1 Å². The lowest BCUT2D eigenvalue weighted by molar-refractivity contribution is -0.121. The van der Waals surface area contributed by atoms with Crippen molar-refractivity contribution in [2.45, 2.75) is 77.0 Å². The van der Waals surface area contributed by atoms with Crippen LogP contribution in [0.2, 0.25) is 0 Å². The molecule has 0 fully saturated rings. The van der Waals surface area contributed by atoms with Gasteiger partial charge < -0.3 is 15.4 Å². The molecule has 5 heteroatoms. The van der Waals surface area contributed by atoms with Crippen LogP contribution in [0.3, 0.4) is 0 Å². The minimum atomic E-state index is 0.180. The van der Waals surface area contributed by atoms with Gasteiger partial charge in [0.25, 0.3) is 0 Å². The average molecular weight is 462 g/mol. The fourth-order valence-electron chi connectivity index (χ4n) is 4.38. The van der Waals surface area contributed by atoms with Gasteiger partial charge in [0.15, 0.2) is 0 Å². The smallest absolute Gasteiger partial charge is 0.219 e. The molecular weight excluding hydrogens is 422 g/mol. The van der Waals surface area contributed by atoms with Crippen molar-refractivity contribution in [2.75, 3.05) is 18.4 Å². The number of para-hydroxylation sites is 2. The lowest BCUT2D eigenvalue weighted by Gasteiger charge is -2.13. The highest BCUT2D eigenvalue weighted by atomic mass is 16.1. The van der Waals surface area contributed by atoms with Crippen molar-refractivity contribution in [3.63, 3.8) is 0 Å². The Morgan fingerprint density at radius 2 is 1.26 bits per heavy atom. The first-order valence-electron chi connectivity index (χ1n) is 13.0. The average Bonchev–Trinajstić information content (AvgIpc) is 2.86. The van der Waals surface area contributed by atoms with Crippen LogP contribution < -0.4 is 10.6 Å². The van der Waals surface area contributed by atoms with Crippen molar-refractivity contribution in [3.05, 3.63) is 48.5 Å². The molecule has 2 N–H and O–H groups in total. The van der Waals surface area contributed by atoms with E-state index in [4.69, 9.17) is 4.98 Å². The van der Waals surface area contributed by atoms with Crippen LogP contribution in [0.4, 0.5) is 5.69 Å². The van der Waals surface area contributed by atoms with Crippen molar-refractivity contribution in [2.24, 2.45) is 0 Å². The molecule has 0 aliphatic rings. The summed E-state index contributed by atoms with van der Waals surface area (Å²) in [7, 11) is 0. The highest BCUT2D eigenvalue weighted by Gasteiger charge is 2.08. The summed E-state index contributed by atoms with van der Waals surface area (Å²) in [6.45, 7) is 1.71. The molecule has 0 saturated heterocycles. The minimum absolute atomic E-state index is 0.180. The molecule has 1 amide bonds. The standard InChI is InChI=1S/C29H39N3O2/c33-23-15-7-2-1-5-13-21-30-28(34)20-8-4-3-6-14-22-31-29-24-16-9-11-18-26(24)32-27-19-12-10-17-25(27)29/h9-12,16-19,23H,1-8,13-15,20-22H2,(H,30,34)(H,31,32). The van der Waals surface area contributed by atoms with E-state index in [2.05, 4.69) is 47.0 Å². The van der Waals surface area contributed by atoms with Crippen LogP contribution >= 0.6 is 0 Å². The van der Waals surface area contributed by atoms with Crippen molar-refractivity contribution in [1.29, 1.82) is 0 Å². The van der Waals surface area contributed by atoms with E-state index in [1.165, 1.54) is 22.9 Å². The van der Waals surface area contributed by atoms with E-state index in [1.54, 1.807) is 0 Å². The third-order valence-corrected chi connectivity index (χ3v) is 6.29. The maximum atomic E-state index is 12.0. The van der Waals surface area contributed by atoms with Gasteiger partial charge in [-0.2, -0.15) is 0 Å². The van der Waals surface area contributed by atoms with Gasteiger partial charge in [0.2, 0.25) is 5.91 Å². The number of nitrogens with zero attached hydrogens (tertiary/aromatic N) is 1. The first-order chi connectivity index (χ1) is 16.8. The number of pyridine rings is 1. The predicted molar refractivity (Wildman–Crippen MR) is 142 cm³/mol. The molecule has 0 unspecified atom stereocenters. The second-order valence-corrected chi connectivity index (χ2v) is 9.04. The predicted octanol–water partition coefficient (Wildman–Crippen LogP) is 6.80. The number of carbonyl (C=O) groups is 2. The molecule has 3 aromatic rings. The first kappa shape index (κ1) is 25.7. The molecule has 0 bridgehead atoms. The molecular formula is C29H39N3O2. The minimum Gasteiger partial charge on any atom is -0.384 e. The number of hydrogen-bond donors (Lipinski definition) is 2. The van der Waals surface area contributed by atoms with Crippen molar-refractivity contribution in [3.8, 4) is 0 Å². The van der Waals surface area contributed by atoms with Gasteiger partial charge in [-0.15, -0.1) is 0 Å². The maximum Gasteiger partial charge on any atom is 0.219 e. The molecule has 0 aliphatic heterocycles. The maximum absolute atomic E-state index is 12.0. The van der Waals surface area contributed by atoms with E-state index < -0.39 is 0 Å².